The Morgan fingerprint density at radius 2 is 1.88 bits per heavy atom. The smallest absolute Gasteiger partial charge is 0.391 e. The van der Waals surface area contributed by atoms with Crippen LogP contribution < -0.4 is 5.48 Å². The summed E-state index contributed by atoms with van der Waals surface area (Å²) in [7, 11) is 0. The zero-order chi connectivity index (χ0) is 12.7. The van der Waals surface area contributed by atoms with E-state index in [0.29, 0.717) is 17.3 Å². The molecule has 17 heavy (non-hydrogen) atoms. The minimum Gasteiger partial charge on any atom is -0.481 e. The molecule has 0 aliphatic heterocycles. The molecule has 1 amide bonds. The molecule has 7 heteroatoms. The highest BCUT2D eigenvalue weighted by Crippen LogP contribution is 2.04. The normalized spacial score (nSPS) is 9.41. The molecule has 0 fully saturated rings. The molecular formula is C10H9NO5S. The average Bonchev–Trinajstić information content (AvgIpc) is 2.34. The lowest BCUT2D eigenvalue weighted by Crippen LogP contribution is -2.25. The summed E-state index contributed by atoms with van der Waals surface area (Å²) in [6.07, 6.45) is 0. The predicted molar refractivity (Wildman–Crippen MR) is 60.5 cm³/mol. The van der Waals surface area contributed by atoms with Gasteiger partial charge in [0.15, 0.2) is 0 Å². The Balaban J connectivity index is 2.34. The minimum atomic E-state index is -1.14. The van der Waals surface area contributed by atoms with E-state index in [1.807, 2.05) is 5.48 Å². The number of carboxylic acid groups (broad SMARTS) is 1. The first-order chi connectivity index (χ1) is 8.09. The molecule has 0 aliphatic rings. The van der Waals surface area contributed by atoms with Gasteiger partial charge in [-0.05, 0) is 23.9 Å². The van der Waals surface area contributed by atoms with Crippen molar-refractivity contribution < 1.29 is 24.3 Å². The maximum absolute atomic E-state index is 11.4. The van der Waals surface area contributed by atoms with Crippen molar-refractivity contribution in [3.05, 3.63) is 35.9 Å². The number of aliphatic carboxylic acids is 1. The van der Waals surface area contributed by atoms with Crippen LogP contribution in [0.1, 0.15) is 10.4 Å². The minimum absolute atomic E-state index is 0.337. The van der Waals surface area contributed by atoms with Gasteiger partial charge in [0.05, 0.1) is 0 Å². The first kappa shape index (κ1) is 13.0. The van der Waals surface area contributed by atoms with E-state index in [1.54, 1.807) is 30.3 Å². The quantitative estimate of drug-likeness (QED) is 0.790. The van der Waals surface area contributed by atoms with Crippen molar-refractivity contribution in [1.29, 1.82) is 0 Å². The molecule has 1 rings (SSSR count). The Hall–Kier alpha value is -2.02. The van der Waals surface area contributed by atoms with Crippen molar-refractivity contribution in [2.24, 2.45) is 0 Å². The van der Waals surface area contributed by atoms with Gasteiger partial charge in [0.1, 0.15) is 5.75 Å². The zero-order valence-corrected chi connectivity index (χ0v) is 9.40. The Labute approximate surface area is 101 Å². The molecule has 0 saturated heterocycles. The second-order valence-electron chi connectivity index (χ2n) is 2.83. The highest BCUT2D eigenvalue weighted by Gasteiger charge is 2.10. The van der Waals surface area contributed by atoms with Crippen LogP contribution in [-0.2, 0) is 9.63 Å². The van der Waals surface area contributed by atoms with Crippen LogP contribution in [0.3, 0.4) is 0 Å². The number of carbonyl (C=O) groups is 3. The lowest BCUT2D eigenvalue weighted by molar-refractivity contribution is -0.133. The molecule has 0 spiro atoms. The molecule has 0 saturated carbocycles. The standard InChI is InChI=1S/C10H9NO5S/c12-8(13)6-17-10(15)16-11-9(14)7-4-2-1-3-5-7/h1-5H,6H2,(H,11,14)(H,12,13). The molecule has 2 N–H and O–H groups in total. The molecule has 0 aromatic heterocycles. The molecular weight excluding hydrogens is 246 g/mol. The Morgan fingerprint density at radius 3 is 2.47 bits per heavy atom. The number of hydrogen-bond acceptors (Lipinski definition) is 5. The zero-order valence-electron chi connectivity index (χ0n) is 8.58. The lowest BCUT2D eigenvalue weighted by Gasteiger charge is -2.04. The largest absolute Gasteiger partial charge is 0.481 e. The fraction of sp³-hybridized carbons (Fsp3) is 0.100. The Bertz CT molecular complexity index is 420. The van der Waals surface area contributed by atoms with Gasteiger partial charge in [-0.3, -0.25) is 9.59 Å². The third-order valence-corrected chi connectivity index (χ3v) is 2.29. The van der Waals surface area contributed by atoms with Crippen molar-refractivity contribution in [1.82, 2.24) is 5.48 Å². The van der Waals surface area contributed by atoms with Crippen LogP contribution in [0.2, 0.25) is 0 Å². The van der Waals surface area contributed by atoms with Gasteiger partial charge >= 0.3 is 11.3 Å². The molecule has 6 nitrogen and oxygen atoms in total. The summed E-state index contributed by atoms with van der Waals surface area (Å²) >= 11 is 0.446. The summed E-state index contributed by atoms with van der Waals surface area (Å²) in [5.74, 6) is -2.13. The van der Waals surface area contributed by atoms with Crippen LogP contribution in [-0.4, -0.2) is 28.0 Å². The number of benzene rings is 1. The number of amides is 1. The number of rotatable bonds is 3. The van der Waals surface area contributed by atoms with Gasteiger partial charge in [-0.15, -0.1) is 0 Å². The van der Waals surface area contributed by atoms with Crippen LogP contribution in [0.25, 0.3) is 0 Å². The Kier molecular flexibility index (Phi) is 5.02. The topological polar surface area (TPSA) is 92.7 Å². The van der Waals surface area contributed by atoms with Crippen LogP contribution in [0.15, 0.2) is 30.3 Å². The van der Waals surface area contributed by atoms with Crippen LogP contribution >= 0.6 is 11.8 Å². The third-order valence-electron chi connectivity index (χ3n) is 1.58. The summed E-state index contributed by atoms with van der Waals surface area (Å²) in [6, 6.07) is 8.17. The number of hydroxylamine groups is 1. The maximum atomic E-state index is 11.4. The molecule has 0 bridgehead atoms. The average molecular weight is 255 g/mol. The van der Waals surface area contributed by atoms with Crippen molar-refractivity contribution in [2.45, 2.75) is 0 Å². The van der Waals surface area contributed by atoms with E-state index >= 15 is 0 Å². The van der Waals surface area contributed by atoms with E-state index in [9.17, 15) is 14.4 Å². The fourth-order valence-electron chi connectivity index (χ4n) is 0.887. The molecule has 0 heterocycles. The van der Waals surface area contributed by atoms with Crippen molar-refractivity contribution in [2.75, 3.05) is 5.75 Å². The SMILES string of the molecule is O=C(O)CSC(=O)ONC(=O)c1ccccc1. The van der Waals surface area contributed by atoms with Crippen molar-refractivity contribution in [3.63, 3.8) is 0 Å². The molecule has 0 radical (unpaired) electrons. The number of carboxylic acids is 1. The van der Waals surface area contributed by atoms with Gasteiger partial charge in [-0.1, -0.05) is 18.2 Å². The summed E-state index contributed by atoms with van der Waals surface area (Å²) in [4.78, 5) is 36.8. The van der Waals surface area contributed by atoms with Gasteiger partial charge in [0, 0.05) is 5.56 Å². The molecule has 0 atom stereocenters. The Morgan fingerprint density at radius 1 is 1.24 bits per heavy atom. The van der Waals surface area contributed by atoms with E-state index in [0.717, 1.165) is 0 Å². The number of nitrogens with one attached hydrogen (secondary N) is 1. The number of hydrogen-bond donors (Lipinski definition) is 2. The molecule has 1 aromatic carbocycles. The van der Waals surface area contributed by atoms with Gasteiger partial charge < -0.3 is 9.94 Å². The number of carbonyl (C=O) groups excluding carboxylic acids is 2. The summed E-state index contributed by atoms with van der Waals surface area (Å²) in [5.41, 5.74) is 2.26. The molecule has 0 unspecified atom stereocenters. The van der Waals surface area contributed by atoms with Crippen LogP contribution in [0.5, 0.6) is 0 Å². The summed E-state index contributed by atoms with van der Waals surface area (Å²) in [5, 5.41) is 7.42. The van der Waals surface area contributed by atoms with Gasteiger partial charge in [-0.25, -0.2) is 4.79 Å². The van der Waals surface area contributed by atoms with E-state index in [2.05, 4.69) is 4.84 Å². The third kappa shape index (κ3) is 5.03. The van der Waals surface area contributed by atoms with E-state index < -0.39 is 22.9 Å². The first-order valence-corrected chi connectivity index (χ1v) is 5.49. The van der Waals surface area contributed by atoms with Crippen LogP contribution in [0, 0.1) is 0 Å². The highest BCUT2D eigenvalue weighted by molar-refractivity contribution is 8.13. The fourth-order valence-corrected chi connectivity index (χ4v) is 1.23. The monoisotopic (exact) mass is 255 g/mol. The summed E-state index contributed by atoms with van der Waals surface area (Å²) < 4.78 is 0. The van der Waals surface area contributed by atoms with Crippen LogP contribution in [0.4, 0.5) is 4.79 Å². The second-order valence-corrected chi connectivity index (χ2v) is 3.74. The van der Waals surface area contributed by atoms with E-state index in [4.69, 9.17) is 5.11 Å². The number of thioether (sulfide) groups is 1. The van der Waals surface area contributed by atoms with Gasteiger partial charge in [0.25, 0.3) is 5.91 Å². The highest BCUT2D eigenvalue weighted by atomic mass is 32.2. The van der Waals surface area contributed by atoms with Crippen molar-refractivity contribution >= 4 is 28.9 Å². The predicted octanol–water partition coefficient (Wildman–Crippen LogP) is 1.29. The summed E-state index contributed by atoms with van der Waals surface area (Å²) in [6.45, 7) is 0. The van der Waals surface area contributed by atoms with E-state index in [1.165, 1.54) is 0 Å². The second kappa shape index (κ2) is 6.54. The van der Waals surface area contributed by atoms with Gasteiger partial charge in [0.2, 0.25) is 0 Å². The molecule has 0 aliphatic carbocycles. The first-order valence-electron chi connectivity index (χ1n) is 4.50. The van der Waals surface area contributed by atoms with Crippen molar-refractivity contribution in [3.8, 4) is 0 Å². The van der Waals surface area contributed by atoms with E-state index in [-0.39, 0.29) is 0 Å². The molecule has 1 aromatic rings. The maximum Gasteiger partial charge on any atom is 0.391 e. The lowest BCUT2D eigenvalue weighted by atomic mass is 10.2. The van der Waals surface area contributed by atoms with Gasteiger partial charge in [-0.2, -0.15) is 5.48 Å². The molecule has 90 valence electrons.